The number of carboxylic acids is 1. The van der Waals surface area contributed by atoms with E-state index in [0.717, 1.165) is 0 Å². The van der Waals surface area contributed by atoms with Crippen LogP contribution in [-0.2, 0) is 106 Å². The number of quaternary nitrogens is 1. The van der Waals surface area contributed by atoms with Crippen molar-refractivity contribution in [1.82, 2.24) is 0 Å². The number of carbonyl (C=O) groups is 1. The number of aliphatic hydroxyl groups excluding tert-OH is 6. The molecule has 39 nitrogen and oxygen atoms in total. The van der Waals surface area contributed by atoms with Crippen LogP contribution in [0, 0.1) is 11.1 Å². The van der Waals surface area contributed by atoms with Crippen LogP contribution in [-0.4, -0.2) is 299 Å². The van der Waals surface area contributed by atoms with Crippen molar-refractivity contribution in [2.45, 2.75) is 161 Å². The van der Waals surface area contributed by atoms with E-state index in [9.17, 15) is 97.6 Å². The molecule has 5 fully saturated rings. The second kappa shape index (κ2) is 37.2. The molecule has 49 heteroatoms. The summed E-state index contributed by atoms with van der Waals surface area (Å²) < 4.78 is 204. The summed E-state index contributed by atoms with van der Waals surface area (Å²) in [4.78, 5) is 12.4. The number of rotatable bonds is 21. The molecular formula is C31H52CaN4Na5O35S4+. The number of ether oxygens (including phenoxy) is 9. The molecule has 0 spiro atoms. The molecule has 0 aromatic rings. The Balaban J connectivity index is -0.00000847. The van der Waals surface area contributed by atoms with Crippen molar-refractivity contribution in [1.29, 1.82) is 0 Å². The van der Waals surface area contributed by atoms with Crippen LogP contribution in [0.2, 0.25) is 0 Å². The van der Waals surface area contributed by atoms with Gasteiger partial charge in [-0.15, -0.1) is 0 Å². The van der Waals surface area contributed by atoms with Gasteiger partial charge < -0.3 is 130 Å². The summed E-state index contributed by atoms with van der Waals surface area (Å²) in [7, 11) is -22.4. The summed E-state index contributed by atoms with van der Waals surface area (Å²) in [6.07, 6.45) is -45.0. The van der Waals surface area contributed by atoms with Crippen LogP contribution in [0.1, 0.15) is 13.8 Å². The summed E-state index contributed by atoms with van der Waals surface area (Å²) in [6, 6.07) is -4.90. The fourth-order valence-corrected chi connectivity index (χ4v) is 9.50. The second-order valence-corrected chi connectivity index (χ2v) is 21.0. The fraction of sp³-hybridized carbons (Fsp3) is 0.968. The summed E-state index contributed by atoms with van der Waals surface area (Å²) in [5.41, 5.74) is 18.0. The SMILES string of the molecule is C[C@@H]1C(N)[C@@H](O[C@H]2C(O)C(OS(=O)(=O)[O-])[C@H](O[C@@H]3C(COS(=O)(=O)[O-])O[C@H](C)C(N)[C@H]3O)O[C@H]2[NH2+][O-])OC(COS(=O)(=O)[O-])[C@H]1O[C@@H]1OC(C(=O)[O-])[C@@H](O[C@H]2OC(COS(=O)(=O)[O-])[C@@H](O)[C@H](O)C2N)[C@H](O)C1O.[Ca+2].[Na+].[Na+].[Na+].[Na+].[Na+].[OH-]. The molecule has 0 aromatic carbocycles. The molecule has 0 radical (unpaired) electrons. The normalized spacial score (nSPS) is 40.5. The van der Waals surface area contributed by atoms with E-state index >= 15 is 0 Å². The minimum atomic E-state index is -5.92. The van der Waals surface area contributed by atoms with Crippen LogP contribution < -0.4 is 176 Å². The van der Waals surface area contributed by atoms with Crippen LogP contribution >= 0.6 is 0 Å². The smallest absolute Gasteiger partial charge is 0.870 e. The molecule has 0 aromatic heterocycles. The van der Waals surface area contributed by atoms with E-state index in [1.165, 1.54) is 13.8 Å². The third-order valence-electron chi connectivity index (χ3n) is 11.9. The second-order valence-electron chi connectivity index (χ2n) is 16.8. The number of carbonyl (C=O) groups excluding carboxylic acids is 1. The Kier molecular flexibility index (Phi) is 41.1. The van der Waals surface area contributed by atoms with E-state index in [4.69, 9.17) is 59.8 Å². The average molecular weight is 1320 g/mol. The maximum atomic E-state index is 12.5. The minimum absolute atomic E-state index is 0. The molecule has 5 heterocycles. The van der Waals surface area contributed by atoms with E-state index in [-0.39, 0.29) is 196 Å². The van der Waals surface area contributed by atoms with Gasteiger partial charge in [0.1, 0.15) is 73.2 Å². The number of hydrogen-bond acceptors (Lipinski definition) is 38. The zero-order chi connectivity index (χ0) is 55.0. The largest absolute Gasteiger partial charge is 2.00 e. The van der Waals surface area contributed by atoms with Gasteiger partial charge in [0.2, 0.25) is 47.8 Å². The molecular weight excluding hydrogens is 1270 g/mol. The van der Waals surface area contributed by atoms with Crippen LogP contribution in [0.5, 0.6) is 0 Å². The number of nitrogens with two attached hydrogens (primary N) is 4. The Labute approximate surface area is 596 Å². The van der Waals surface area contributed by atoms with Gasteiger partial charge in [-0.3, -0.25) is 21.5 Å². The fourth-order valence-electron chi connectivity index (χ4n) is 8.12. The third-order valence-corrected chi connectivity index (χ3v) is 13.6. The van der Waals surface area contributed by atoms with Gasteiger partial charge in [0.15, 0.2) is 37.4 Å². The van der Waals surface area contributed by atoms with E-state index in [1.807, 2.05) is 0 Å². The Morgan fingerprint density at radius 2 is 0.938 bits per heavy atom. The Hall–Kier alpha value is 4.37. The number of hydrogen-bond donors (Lipinski definition) is 10. The molecule has 0 aliphatic carbocycles. The third kappa shape index (κ3) is 24.4. The molecule has 0 saturated carbocycles. The van der Waals surface area contributed by atoms with E-state index in [2.05, 4.69) is 16.7 Å². The summed E-state index contributed by atoms with van der Waals surface area (Å²) in [5.74, 6) is -3.63. The molecule has 15 N–H and O–H groups in total. The van der Waals surface area contributed by atoms with Crippen LogP contribution in [0.25, 0.3) is 0 Å². The summed E-state index contributed by atoms with van der Waals surface area (Å²) in [5, 5.41) is 90.4. The predicted octanol–water partition coefficient (Wildman–Crippen LogP) is -29.5. The molecule has 5 saturated heterocycles. The molecule has 5 rings (SSSR count). The van der Waals surface area contributed by atoms with Crippen molar-refractivity contribution in [3.05, 3.63) is 5.21 Å². The Morgan fingerprint density at radius 1 is 0.500 bits per heavy atom. The van der Waals surface area contributed by atoms with Gasteiger partial charge in [0, 0.05) is 5.92 Å². The molecule has 5 aliphatic rings. The first kappa shape index (κ1) is 88.6. The van der Waals surface area contributed by atoms with Gasteiger partial charge in [-0.05, 0) is 6.92 Å². The number of aliphatic carboxylic acids is 1. The predicted molar refractivity (Wildman–Crippen MR) is 217 cm³/mol. The summed E-state index contributed by atoms with van der Waals surface area (Å²) >= 11 is 0. The topological polar surface area (TPSA) is 658 Å². The first-order chi connectivity index (χ1) is 33.5. The molecule has 0 amide bonds. The van der Waals surface area contributed by atoms with Gasteiger partial charge >= 0.3 is 186 Å². The van der Waals surface area contributed by atoms with E-state index in [1.54, 1.807) is 0 Å². The van der Waals surface area contributed by atoms with Crippen LogP contribution in [0.3, 0.4) is 0 Å². The van der Waals surface area contributed by atoms with Crippen molar-refractivity contribution in [3.8, 4) is 0 Å². The maximum absolute atomic E-state index is 12.5. The van der Waals surface area contributed by atoms with Gasteiger partial charge in [-0.1, -0.05) is 6.92 Å². The molecule has 10 unspecified atom stereocenters. The monoisotopic (exact) mass is 1320 g/mol. The number of hydroxylamine groups is 1. The van der Waals surface area contributed by atoms with Crippen LogP contribution in [0.4, 0.5) is 0 Å². The Morgan fingerprint density at radius 3 is 1.41 bits per heavy atom. The zero-order valence-corrected chi connectivity index (χ0v) is 58.7. The van der Waals surface area contributed by atoms with Gasteiger partial charge in [0.05, 0.1) is 56.1 Å². The van der Waals surface area contributed by atoms with Crippen molar-refractivity contribution < 1.29 is 311 Å². The quantitative estimate of drug-likeness (QED) is 0.0221. The van der Waals surface area contributed by atoms with E-state index < -0.39 is 220 Å². The van der Waals surface area contributed by atoms with Crippen molar-refractivity contribution >= 4 is 85.3 Å². The molecule has 5 aliphatic heterocycles. The standard InChI is InChI=1S/C31H56N4O34S4.Ca.5Na.H2O/c1-6-11(32)28(66-23-19(41)24(69-73(54,55)56)31(68-26(23)35-44)64-21-10(5-59-72(51,52)53)60-7(2)12(33)16(21)38)62-9(4-58-71(48,49)50)20(6)63-30-18(40)17(39)22(25(67-30)27(42)43)65-29-13(34)15(37)14(36)8(61-29)3-57-70(45,46)47;;;;;;;/h6-26,28-31,36-41H,3-5,32-35H2,1-2H3,(H,42,43)(H,45,46,47)(H,48,49,50)(H,51,52,53)(H,54,55,56);;;;;;;1H2/q;+2;5*+1;/p-6/t6-,7-,8?,9?,10?,11?,12?,13?,14-,15-,16-,17-,18?,19?,20+,21-,22+,23+,24?,25?,26-,28-,29-,30-,31-;;;;;;;/m1......./s1. The van der Waals surface area contributed by atoms with Gasteiger partial charge in [0.25, 0.3) is 0 Å². The molecule has 80 heavy (non-hydrogen) atoms. The first-order valence-corrected chi connectivity index (χ1v) is 26.2. The average Bonchev–Trinajstić information content (AvgIpc) is 3.27. The molecule has 436 valence electrons. The van der Waals surface area contributed by atoms with E-state index in [0.29, 0.717) is 0 Å². The Bertz CT molecular complexity index is 2350. The maximum Gasteiger partial charge on any atom is 2.00 e. The van der Waals surface area contributed by atoms with Gasteiger partial charge in [-0.2, -0.15) is 0 Å². The molecule has 0 bridgehead atoms. The number of aliphatic hydroxyl groups is 6. The van der Waals surface area contributed by atoms with Gasteiger partial charge in [-0.25, -0.2) is 33.7 Å². The van der Waals surface area contributed by atoms with Crippen molar-refractivity contribution in [3.63, 3.8) is 0 Å². The zero-order valence-electron chi connectivity index (χ0n) is 43.3. The van der Waals surface area contributed by atoms with Crippen LogP contribution in [0.15, 0.2) is 0 Å². The molecule has 25 atom stereocenters. The number of carboxylic acid groups (broad SMARTS) is 1. The van der Waals surface area contributed by atoms with Crippen molar-refractivity contribution in [2.24, 2.45) is 23.1 Å². The summed E-state index contributed by atoms with van der Waals surface area (Å²) in [6.45, 7) is -1.30. The van der Waals surface area contributed by atoms with Crippen molar-refractivity contribution in [2.75, 3.05) is 19.8 Å². The minimum Gasteiger partial charge on any atom is -0.870 e. The first-order valence-electron chi connectivity index (χ1n) is 20.9.